The molecule has 2 rings (SSSR count). The third-order valence-electron chi connectivity index (χ3n) is 4.36. The molecular formula is C19H30IN3O3. The number of rotatable bonds is 7. The molecule has 6 nitrogen and oxygen atoms in total. The molecule has 0 aliphatic carbocycles. The minimum atomic E-state index is -0.142. The number of ether oxygens (including phenoxy) is 2. The molecule has 7 heteroatoms. The van der Waals surface area contributed by atoms with Crippen LogP contribution in [0.2, 0.25) is 0 Å². The maximum atomic E-state index is 11.9. The molecule has 1 aliphatic rings. The van der Waals surface area contributed by atoms with Gasteiger partial charge in [0.05, 0.1) is 32.8 Å². The SMILES string of the molecule is CCNC(=NCCOCc1ccccc1)N1CC(C)C(C(=O)OC)C1.I. The van der Waals surface area contributed by atoms with E-state index in [1.54, 1.807) is 0 Å². The molecule has 2 atom stereocenters. The number of halogens is 1. The van der Waals surface area contributed by atoms with Crippen LogP contribution in [0.5, 0.6) is 0 Å². The summed E-state index contributed by atoms with van der Waals surface area (Å²) in [5.41, 5.74) is 1.16. The summed E-state index contributed by atoms with van der Waals surface area (Å²) in [6.07, 6.45) is 0. The first-order valence-corrected chi connectivity index (χ1v) is 8.88. The number of hydrogen-bond acceptors (Lipinski definition) is 4. The van der Waals surface area contributed by atoms with E-state index < -0.39 is 0 Å². The van der Waals surface area contributed by atoms with Gasteiger partial charge in [0.2, 0.25) is 0 Å². The molecule has 1 fully saturated rings. The first kappa shape index (κ1) is 22.7. The van der Waals surface area contributed by atoms with Crippen molar-refractivity contribution in [2.45, 2.75) is 20.5 Å². The second kappa shape index (κ2) is 12.1. The summed E-state index contributed by atoms with van der Waals surface area (Å²) >= 11 is 0. The van der Waals surface area contributed by atoms with Crippen LogP contribution in [0.1, 0.15) is 19.4 Å². The standard InChI is InChI=1S/C19H29N3O3.HI/c1-4-20-19(22-12-15(2)17(13-22)18(23)24-3)21-10-11-25-14-16-8-6-5-7-9-16;/h5-9,15,17H,4,10-14H2,1-3H3,(H,20,21);1H. The number of aliphatic imine (C=N–C) groups is 1. The molecular weight excluding hydrogens is 445 g/mol. The average Bonchev–Trinajstić information content (AvgIpc) is 3.02. The highest BCUT2D eigenvalue weighted by atomic mass is 127. The average molecular weight is 475 g/mol. The van der Waals surface area contributed by atoms with Crippen molar-refractivity contribution < 1.29 is 14.3 Å². The Kier molecular flexibility index (Phi) is 10.6. The van der Waals surface area contributed by atoms with Gasteiger partial charge in [0, 0.05) is 19.6 Å². The van der Waals surface area contributed by atoms with Crippen LogP contribution in [-0.4, -0.2) is 56.7 Å². The largest absolute Gasteiger partial charge is 0.469 e. The third-order valence-corrected chi connectivity index (χ3v) is 4.36. The number of guanidine groups is 1. The van der Waals surface area contributed by atoms with E-state index >= 15 is 0 Å². The predicted octanol–water partition coefficient (Wildman–Crippen LogP) is 2.53. The fourth-order valence-corrected chi connectivity index (χ4v) is 3.00. The van der Waals surface area contributed by atoms with Crippen molar-refractivity contribution >= 4 is 35.9 Å². The maximum Gasteiger partial charge on any atom is 0.310 e. The number of hydrogen-bond donors (Lipinski definition) is 1. The van der Waals surface area contributed by atoms with E-state index in [9.17, 15) is 4.79 Å². The molecule has 1 aliphatic heterocycles. The highest BCUT2D eigenvalue weighted by Crippen LogP contribution is 2.24. The fraction of sp³-hybridized carbons (Fsp3) is 0.579. The highest BCUT2D eigenvalue weighted by molar-refractivity contribution is 14.0. The Morgan fingerprint density at radius 3 is 2.69 bits per heavy atom. The van der Waals surface area contributed by atoms with Gasteiger partial charge in [-0.05, 0) is 18.4 Å². The lowest BCUT2D eigenvalue weighted by Gasteiger charge is -2.21. The molecule has 0 aromatic heterocycles. The minimum Gasteiger partial charge on any atom is -0.469 e. The van der Waals surface area contributed by atoms with E-state index in [2.05, 4.69) is 22.1 Å². The Morgan fingerprint density at radius 1 is 1.31 bits per heavy atom. The van der Waals surface area contributed by atoms with E-state index in [1.807, 2.05) is 37.3 Å². The van der Waals surface area contributed by atoms with Crippen LogP contribution >= 0.6 is 24.0 Å². The van der Waals surface area contributed by atoms with Crippen molar-refractivity contribution in [3.63, 3.8) is 0 Å². The zero-order valence-corrected chi connectivity index (χ0v) is 18.1. The minimum absolute atomic E-state index is 0. The van der Waals surface area contributed by atoms with Crippen molar-refractivity contribution in [2.24, 2.45) is 16.8 Å². The summed E-state index contributed by atoms with van der Waals surface area (Å²) in [6, 6.07) is 10.1. The molecule has 1 aromatic carbocycles. The Hall–Kier alpha value is -1.35. The molecule has 1 N–H and O–H groups in total. The molecule has 2 unspecified atom stereocenters. The monoisotopic (exact) mass is 475 g/mol. The van der Waals surface area contributed by atoms with Crippen molar-refractivity contribution in [1.82, 2.24) is 10.2 Å². The quantitative estimate of drug-likeness (QED) is 0.216. The van der Waals surface area contributed by atoms with Gasteiger partial charge in [-0.3, -0.25) is 9.79 Å². The number of methoxy groups -OCH3 is 1. The lowest BCUT2D eigenvalue weighted by atomic mass is 9.99. The van der Waals surface area contributed by atoms with Crippen LogP contribution in [0.4, 0.5) is 0 Å². The number of likely N-dealkylation sites (tertiary alicyclic amines) is 1. The van der Waals surface area contributed by atoms with Gasteiger partial charge >= 0.3 is 5.97 Å². The van der Waals surface area contributed by atoms with Crippen molar-refractivity contribution in [3.05, 3.63) is 35.9 Å². The molecule has 0 amide bonds. The Bertz CT molecular complexity index is 568. The molecule has 1 saturated heterocycles. The van der Waals surface area contributed by atoms with Crippen LogP contribution in [0.3, 0.4) is 0 Å². The van der Waals surface area contributed by atoms with Gasteiger partial charge in [-0.15, -0.1) is 24.0 Å². The van der Waals surface area contributed by atoms with Crippen LogP contribution in [0.15, 0.2) is 35.3 Å². The van der Waals surface area contributed by atoms with Crippen molar-refractivity contribution in [1.29, 1.82) is 0 Å². The summed E-state index contributed by atoms with van der Waals surface area (Å²) in [6.45, 7) is 8.10. The van der Waals surface area contributed by atoms with E-state index in [-0.39, 0.29) is 41.8 Å². The summed E-state index contributed by atoms with van der Waals surface area (Å²) < 4.78 is 10.6. The highest BCUT2D eigenvalue weighted by Gasteiger charge is 2.36. The predicted molar refractivity (Wildman–Crippen MR) is 114 cm³/mol. The van der Waals surface area contributed by atoms with Gasteiger partial charge in [-0.1, -0.05) is 37.3 Å². The van der Waals surface area contributed by atoms with E-state index in [0.717, 1.165) is 24.6 Å². The lowest BCUT2D eigenvalue weighted by Crippen LogP contribution is -2.40. The van der Waals surface area contributed by atoms with Crippen molar-refractivity contribution in [3.8, 4) is 0 Å². The van der Waals surface area contributed by atoms with Crippen LogP contribution in [0.25, 0.3) is 0 Å². The van der Waals surface area contributed by atoms with Crippen LogP contribution < -0.4 is 5.32 Å². The summed E-state index contributed by atoms with van der Waals surface area (Å²) in [4.78, 5) is 18.6. The smallest absolute Gasteiger partial charge is 0.310 e. The van der Waals surface area contributed by atoms with Gasteiger partial charge in [0.15, 0.2) is 5.96 Å². The van der Waals surface area contributed by atoms with Gasteiger partial charge < -0.3 is 19.7 Å². The summed E-state index contributed by atoms with van der Waals surface area (Å²) in [7, 11) is 1.45. The summed E-state index contributed by atoms with van der Waals surface area (Å²) in [5.74, 6) is 0.856. The van der Waals surface area contributed by atoms with E-state index in [4.69, 9.17) is 9.47 Å². The molecule has 0 spiro atoms. The van der Waals surface area contributed by atoms with Gasteiger partial charge in [0.1, 0.15) is 0 Å². The second-order valence-electron chi connectivity index (χ2n) is 6.29. The van der Waals surface area contributed by atoms with Gasteiger partial charge in [0.25, 0.3) is 0 Å². The van der Waals surface area contributed by atoms with E-state index in [0.29, 0.717) is 26.3 Å². The molecule has 0 radical (unpaired) electrons. The van der Waals surface area contributed by atoms with Crippen LogP contribution in [0, 0.1) is 11.8 Å². The number of benzene rings is 1. The first-order chi connectivity index (χ1) is 12.2. The topological polar surface area (TPSA) is 63.2 Å². The van der Waals surface area contributed by atoms with Gasteiger partial charge in [-0.2, -0.15) is 0 Å². The first-order valence-electron chi connectivity index (χ1n) is 8.88. The molecule has 146 valence electrons. The number of carbonyl (C=O) groups is 1. The molecule has 26 heavy (non-hydrogen) atoms. The molecule has 1 aromatic rings. The Balaban J connectivity index is 0.00000338. The maximum absolute atomic E-state index is 11.9. The Labute approximate surface area is 173 Å². The third kappa shape index (κ3) is 6.75. The zero-order valence-electron chi connectivity index (χ0n) is 15.8. The number of esters is 1. The van der Waals surface area contributed by atoms with E-state index in [1.165, 1.54) is 7.11 Å². The van der Waals surface area contributed by atoms with Gasteiger partial charge in [-0.25, -0.2) is 0 Å². The van der Waals surface area contributed by atoms with Crippen LogP contribution in [-0.2, 0) is 20.9 Å². The molecule has 0 saturated carbocycles. The summed E-state index contributed by atoms with van der Waals surface area (Å²) in [5, 5.41) is 3.30. The number of carbonyl (C=O) groups excluding carboxylic acids is 1. The Morgan fingerprint density at radius 2 is 2.04 bits per heavy atom. The van der Waals surface area contributed by atoms with Crippen molar-refractivity contribution in [2.75, 3.05) is 39.9 Å². The zero-order chi connectivity index (χ0) is 18.1. The normalized spacial score (nSPS) is 19.8. The number of nitrogens with zero attached hydrogens (tertiary/aromatic N) is 2. The lowest BCUT2D eigenvalue weighted by molar-refractivity contribution is -0.145. The number of nitrogens with one attached hydrogen (secondary N) is 1. The molecule has 1 heterocycles. The second-order valence-corrected chi connectivity index (χ2v) is 6.29. The fourth-order valence-electron chi connectivity index (χ4n) is 3.00. The molecule has 0 bridgehead atoms.